The first kappa shape index (κ1) is 18.4. The van der Waals surface area contributed by atoms with Gasteiger partial charge in [-0.15, -0.1) is 0 Å². The van der Waals surface area contributed by atoms with E-state index in [1.165, 1.54) is 6.92 Å². The maximum absolute atomic E-state index is 10.2. The highest BCUT2D eigenvalue weighted by Crippen LogP contribution is 2.18. The largest absolute Gasteiger partial charge is 0.460 e. The molecular weight excluding hydrogens is 228 g/mol. The first-order chi connectivity index (χ1) is 7.92. The van der Waals surface area contributed by atoms with Crippen molar-refractivity contribution >= 4 is 11.8 Å². The summed E-state index contributed by atoms with van der Waals surface area (Å²) in [5.41, 5.74) is -0.667. The van der Waals surface area contributed by atoms with E-state index in [4.69, 9.17) is 15.3 Å². The molecule has 0 aliphatic carbocycles. The molecule has 6 heteroatoms. The molecule has 0 spiro atoms. The van der Waals surface area contributed by atoms with E-state index in [9.17, 15) is 9.59 Å². The lowest BCUT2D eigenvalue weighted by Crippen LogP contribution is -2.32. The Morgan fingerprint density at radius 2 is 1.47 bits per heavy atom. The minimum absolute atomic E-state index is 0.156. The van der Waals surface area contributed by atoms with Crippen molar-refractivity contribution in [3.8, 4) is 0 Å². The van der Waals surface area contributed by atoms with Gasteiger partial charge in [0, 0.05) is 12.3 Å². The van der Waals surface area contributed by atoms with Crippen LogP contribution in [-0.2, 0) is 14.3 Å². The van der Waals surface area contributed by atoms with Gasteiger partial charge in [-0.05, 0) is 13.3 Å². The number of hydrogen-bond donors (Lipinski definition) is 3. The molecule has 0 heterocycles. The van der Waals surface area contributed by atoms with Gasteiger partial charge < -0.3 is 20.1 Å². The van der Waals surface area contributed by atoms with Crippen LogP contribution in [0.5, 0.6) is 0 Å². The van der Waals surface area contributed by atoms with Gasteiger partial charge in [-0.1, -0.05) is 6.92 Å². The average Bonchev–Trinajstić information content (AvgIpc) is 2.34. The predicted octanol–water partition coefficient (Wildman–Crippen LogP) is -0.502. The highest BCUT2D eigenvalue weighted by molar-refractivity contribution is 6.32. The maximum Gasteiger partial charge on any atom is 0.374 e. The Morgan fingerprint density at radius 1 is 1.06 bits per heavy atom. The third kappa shape index (κ3) is 7.84. The van der Waals surface area contributed by atoms with E-state index < -0.39 is 17.2 Å². The number of hydrogen-bond acceptors (Lipinski definition) is 6. The Bertz CT molecular complexity index is 204. The Morgan fingerprint density at radius 3 is 1.53 bits per heavy atom. The highest BCUT2D eigenvalue weighted by Gasteiger charge is 2.24. The van der Waals surface area contributed by atoms with Gasteiger partial charge in [-0.25, -0.2) is 4.79 Å². The fourth-order valence-corrected chi connectivity index (χ4v) is 0.718. The molecule has 102 valence electrons. The van der Waals surface area contributed by atoms with Crippen LogP contribution in [0.1, 0.15) is 27.2 Å². The van der Waals surface area contributed by atoms with Crippen molar-refractivity contribution in [2.45, 2.75) is 27.2 Å². The van der Waals surface area contributed by atoms with E-state index in [0.717, 1.165) is 0 Å². The van der Waals surface area contributed by atoms with Crippen molar-refractivity contribution < 1.29 is 29.6 Å². The van der Waals surface area contributed by atoms with Gasteiger partial charge in [-0.2, -0.15) is 0 Å². The highest BCUT2D eigenvalue weighted by atomic mass is 16.5. The predicted molar refractivity (Wildman–Crippen MR) is 61.3 cm³/mol. The second-order valence-corrected chi connectivity index (χ2v) is 3.60. The van der Waals surface area contributed by atoms with Crippen LogP contribution >= 0.6 is 0 Å². The summed E-state index contributed by atoms with van der Waals surface area (Å²) < 4.78 is 4.31. The summed E-state index contributed by atoms with van der Waals surface area (Å²) >= 11 is 0. The number of ether oxygens (including phenoxy) is 1. The third-order valence-corrected chi connectivity index (χ3v) is 2.32. The minimum Gasteiger partial charge on any atom is -0.460 e. The molecule has 0 aromatic heterocycles. The van der Waals surface area contributed by atoms with Crippen LogP contribution in [0.25, 0.3) is 0 Å². The second kappa shape index (κ2) is 10.2. The first-order valence-electron chi connectivity index (χ1n) is 5.43. The van der Waals surface area contributed by atoms with Gasteiger partial charge in [0.25, 0.3) is 0 Å². The van der Waals surface area contributed by atoms with Crippen molar-refractivity contribution in [2.24, 2.45) is 5.41 Å². The summed E-state index contributed by atoms with van der Waals surface area (Å²) in [5, 5.41) is 26.0. The van der Waals surface area contributed by atoms with Crippen LogP contribution < -0.4 is 0 Å². The number of Topliss-reactive ketones (excluding diaryl/α,β-unsaturated/α-hetero) is 1. The number of aliphatic hydroxyl groups is 3. The summed E-state index contributed by atoms with van der Waals surface area (Å²) in [7, 11) is 0. The number of rotatable bonds is 6. The first-order valence-corrected chi connectivity index (χ1v) is 5.43. The van der Waals surface area contributed by atoms with Gasteiger partial charge in [0.05, 0.1) is 26.4 Å². The van der Waals surface area contributed by atoms with Gasteiger partial charge in [0.15, 0.2) is 0 Å². The van der Waals surface area contributed by atoms with Crippen molar-refractivity contribution in [3.05, 3.63) is 0 Å². The Hall–Kier alpha value is -0.980. The SMILES string of the molecule is CCC(CO)(CO)CO.CCOC(=O)C(C)=O. The fourth-order valence-electron chi connectivity index (χ4n) is 0.718. The number of aliphatic hydroxyl groups excluding tert-OH is 3. The Kier molecular flexibility index (Phi) is 11.0. The molecule has 6 nitrogen and oxygen atoms in total. The summed E-state index contributed by atoms with van der Waals surface area (Å²) in [5.74, 6) is -1.31. The van der Waals surface area contributed by atoms with Crippen LogP contribution in [-0.4, -0.2) is 53.5 Å². The molecule has 17 heavy (non-hydrogen) atoms. The fraction of sp³-hybridized carbons (Fsp3) is 0.818. The van der Waals surface area contributed by atoms with Crippen molar-refractivity contribution in [1.29, 1.82) is 0 Å². The van der Waals surface area contributed by atoms with Crippen molar-refractivity contribution in [3.63, 3.8) is 0 Å². The van der Waals surface area contributed by atoms with E-state index >= 15 is 0 Å². The number of esters is 1. The van der Waals surface area contributed by atoms with Gasteiger partial charge in [0.2, 0.25) is 5.78 Å². The third-order valence-electron chi connectivity index (χ3n) is 2.32. The number of ketones is 1. The second-order valence-electron chi connectivity index (χ2n) is 3.60. The maximum atomic E-state index is 10.2. The molecule has 0 amide bonds. The van der Waals surface area contributed by atoms with Crippen LogP contribution in [0, 0.1) is 5.41 Å². The minimum atomic E-state index is -0.757. The average molecular weight is 250 g/mol. The molecular formula is C11H22O6. The summed E-state index contributed by atoms with van der Waals surface area (Å²) in [6, 6.07) is 0. The van der Waals surface area contributed by atoms with Crippen molar-refractivity contribution in [1.82, 2.24) is 0 Å². The van der Waals surface area contributed by atoms with E-state index in [-0.39, 0.29) is 26.4 Å². The van der Waals surface area contributed by atoms with Gasteiger partial charge in [-0.3, -0.25) is 4.79 Å². The summed E-state index contributed by atoms with van der Waals surface area (Å²) in [6.07, 6.45) is 0.594. The van der Waals surface area contributed by atoms with E-state index in [1.54, 1.807) is 6.92 Å². The molecule has 0 aromatic rings. The summed E-state index contributed by atoms with van der Waals surface area (Å²) in [4.78, 5) is 20.2. The molecule has 0 saturated carbocycles. The van der Waals surface area contributed by atoms with E-state index in [2.05, 4.69) is 4.74 Å². The lowest BCUT2D eigenvalue weighted by atomic mass is 9.88. The van der Waals surface area contributed by atoms with Crippen molar-refractivity contribution in [2.75, 3.05) is 26.4 Å². The molecule has 0 atom stereocenters. The molecule has 0 rings (SSSR count). The van der Waals surface area contributed by atoms with Gasteiger partial charge >= 0.3 is 5.97 Å². The standard InChI is InChI=1S/C6H14O3.C5H8O3/c1-2-6(3-7,4-8)5-9;1-3-8-5(7)4(2)6/h7-9H,2-5H2,1H3;3H2,1-2H3. The lowest BCUT2D eigenvalue weighted by Gasteiger charge is -2.24. The zero-order valence-electron chi connectivity index (χ0n) is 10.6. The topological polar surface area (TPSA) is 104 Å². The molecule has 3 N–H and O–H groups in total. The van der Waals surface area contributed by atoms with Crippen LogP contribution in [0.3, 0.4) is 0 Å². The molecule has 0 saturated heterocycles. The molecule has 0 bridgehead atoms. The number of carbonyl (C=O) groups is 2. The van der Waals surface area contributed by atoms with Gasteiger partial charge in [0.1, 0.15) is 0 Å². The Labute approximate surface area is 101 Å². The zero-order chi connectivity index (χ0) is 13.9. The van der Waals surface area contributed by atoms with Crippen LogP contribution in [0.4, 0.5) is 0 Å². The Balaban J connectivity index is 0. The number of carbonyl (C=O) groups excluding carboxylic acids is 2. The monoisotopic (exact) mass is 250 g/mol. The van der Waals surface area contributed by atoms with E-state index in [1.807, 2.05) is 6.92 Å². The summed E-state index contributed by atoms with van der Waals surface area (Å²) in [6.45, 7) is 4.45. The molecule has 0 aliphatic rings. The molecule has 0 unspecified atom stereocenters. The smallest absolute Gasteiger partial charge is 0.374 e. The van der Waals surface area contributed by atoms with Crippen LogP contribution in [0.2, 0.25) is 0 Å². The molecule has 0 aromatic carbocycles. The zero-order valence-corrected chi connectivity index (χ0v) is 10.6. The van der Waals surface area contributed by atoms with Crippen LogP contribution in [0.15, 0.2) is 0 Å². The molecule has 0 radical (unpaired) electrons. The molecule has 0 fully saturated rings. The quantitative estimate of drug-likeness (QED) is 0.433. The lowest BCUT2D eigenvalue weighted by molar-refractivity contribution is -0.152. The van der Waals surface area contributed by atoms with E-state index in [0.29, 0.717) is 6.42 Å². The normalized spacial score (nSPS) is 10.2. The molecule has 0 aliphatic heterocycles.